The van der Waals surface area contributed by atoms with Gasteiger partial charge in [0.25, 0.3) is 0 Å². The summed E-state index contributed by atoms with van der Waals surface area (Å²) in [5.41, 5.74) is 0.697. The molecule has 5 nitrogen and oxygen atoms in total. The lowest BCUT2D eigenvalue weighted by atomic mass is 9.98. The van der Waals surface area contributed by atoms with Crippen molar-refractivity contribution in [2.75, 3.05) is 17.6 Å². The summed E-state index contributed by atoms with van der Waals surface area (Å²) in [4.78, 5) is 27.3. The third-order valence-corrected chi connectivity index (χ3v) is 3.76. The highest BCUT2D eigenvalue weighted by Gasteiger charge is 2.24. The molecule has 1 aliphatic heterocycles. The van der Waals surface area contributed by atoms with Crippen LogP contribution >= 0.6 is 11.8 Å². The number of aromatic nitrogens is 1. The van der Waals surface area contributed by atoms with Gasteiger partial charge in [0.15, 0.2) is 0 Å². The Morgan fingerprint density at radius 1 is 1.58 bits per heavy atom. The molecule has 2 heterocycles. The lowest BCUT2D eigenvalue weighted by molar-refractivity contribution is -0.126. The zero-order valence-corrected chi connectivity index (χ0v) is 11.6. The summed E-state index contributed by atoms with van der Waals surface area (Å²) in [6.45, 7) is 2.49. The molecule has 1 aliphatic rings. The van der Waals surface area contributed by atoms with Crippen LogP contribution in [0.1, 0.15) is 19.8 Å². The van der Waals surface area contributed by atoms with Gasteiger partial charge in [-0.1, -0.05) is 6.92 Å². The molecular formula is C13H17N3O2S. The second-order valence-corrected chi connectivity index (χ2v) is 5.63. The van der Waals surface area contributed by atoms with Crippen molar-refractivity contribution < 1.29 is 9.59 Å². The monoisotopic (exact) mass is 279 g/mol. The van der Waals surface area contributed by atoms with Crippen LogP contribution in [0.4, 0.5) is 5.69 Å². The van der Waals surface area contributed by atoms with Crippen LogP contribution in [0.3, 0.4) is 0 Å². The van der Waals surface area contributed by atoms with Gasteiger partial charge in [-0.25, -0.2) is 4.98 Å². The second-order valence-electron chi connectivity index (χ2n) is 4.35. The molecule has 0 aromatic carbocycles. The molecule has 6 heteroatoms. The average Bonchev–Trinajstić information content (AvgIpc) is 2.42. The molecule has 2 N–H and O–H groups in total. The van der Waals surface area contributed by atoms with Gasteiger partial charge in [0.05, 0.1) is 22.8 Å². The number of thioether (sulfide) groups is 1. The van der Waals surface area contributed by atoms with Crippen LogP contribution in [0, 0.1) is 5.92 Å². The van der Waals surface area contributed by atoms with E-state index in [1.165, 1.54) is 0 Å². The van der Waals surface area contributed by atoms with Crippen molar-refractivity contribution in [3.8, 4) is 0 Å². The van der Waals surface area contributed by atoms with Gasteiger partial charge in [-0.3, -0.25) is 9.59 Å². The SMILES string of the molecule is CCSc1ccc(NC(=O)[C@@H]2CCC(=O)NC2)cn1. The number of nitrogens with one attached hydrogen (secondary N) is 2. The molecule has 0 aliphatic carbocycles. The van der Waals surface area contributed by atoms with Gasteiger partial charge in [0.1, 0.15) is 0 Å². The molecule has 1 saturated heterocycles. The number of amides is 2. The molecule has 1 aromatic heterocycles. The summed E-state index contributed by atoms with van der Waals surface area (Å²) in [6, 6.07) is 3.75. The maximum Gasteiger partial charge on any atom is 0.229 e. The van der Waals surface area contributed by atoms with Gasteiger partial charge in [0.2, 0.25) is 11.8 Å². The Kier molecular flexibility index (Phi) is 4.79. The van der Waals surface area contributed by atoms with Gasteiger partial charge in [0, 0.05) is 13.0 Å². The number of hydrogen-bond acceptors (Lipinski definition) is 4. The minimum Gasteiger partial charge on any atom is -0.355 e. The van der Waals surface area contributed by atoms with Crippen molar-refractivity contribution in [3.05, 3.63) is 18.3 Å². The van der Waals surface area contributed by atoms with Crippen LogP contribution in [0.5, 0.6) is 0 Å². The Labute approximate surface area is 116 Å². The summed E-state index contributed by atoms with van der Waals surface area (Å²) < 4.78 is 0. The largest absolute Gasteiger partial charge is 0.355 e. The number of carbonyl (C=O) groups is 2. The zero-order chi connectivity index (χ0) is 13.7. The van der Waals surface area contributed by atoms with Crippen molar-refractivity contribution in [1.82, 2.24) is 10.3 Å². The summed E-state index contributed by atoms with van der Waals surface area (Å²) in [5, 5.41) is 6.49. The van der Waals surface area contributed by atoms with Crippen molar-refractivity contribution in [3.63, 3.8) is 0 Å². The van der Waals surface area contributed by atoms with Gasteiger partial charge in [-0.05, 0) is 24.3 Å². The van der Waals surface area contributed by atoms with Crippen LogP contribution in [0.15, 0.2) is 23.4 Å². The predicted octanol–water partition coefficient (Wildman–Crippen LogP) is 1.66. The highest BCUT2D eigenvalue weighted by molar-refractivity contribution is 7.99. The Hall–Kier alpha value is -1.56. The van der Waals surface area contributed by atoms with E-state index in [1.807, 2.05) is 12.1 Å². The number of nitrogens with zero attached hydrogens (tertiary/aromatic N) is 1. The first-order valence-electron chi connectivity index (χ1n) is 6.35. The fraction of sp³-hybridized carbons (Fsp3) is 0.462. The van der Waals surface area contributed by atoms with E-state index in [4.69, 9.17) is 0 Å². The molecule has 0 saturated carbocycles. The third kappa shape index (κ3) is 3.96. The summed E-state index contributed by atoms with van der Waals surface area (Å²) >= 11 is 1.66. The molecule has 102 valence electrons. The van der Waals surface area contributed by atoms with Crippen molar-refractivity contribution >= 4 is 29.3 Å². The van der Waals surface area contributed by atoms with Gasteiger partial charge >= 0.3 is 0 Å². The maximum atomic E-state index is 12.0. The first-order valence-corrected chi connectivity index (χ1v) is 7.34. The van der Waals surface area contributed by atoms with E-state index in [2.05, 4.69) is 22.5 Å². The van der Waals surface area contributed by atoms with Crippen LogP contribution < -0.4 is 10.6 Å². The van der Waals surface area contributed by atoms with Crippen molar-refractivity contribution in [2.24, 2.45) is 5.92 Å². The van der Waals surface area contributed by atoms with Crippen LogP contribution in [-0.2, 0) is 9.59 Å². The molecule has 2 rings (SSSR count). The quantitative estimate of drug-likeness (QED) is 0.822. The van der Waals surface area contributed by atoms with E-state index in [0.29, 0.717) is 25.1 Å². The highest BCUT2D eigenvalue weighted by Crippen LogP contribution is 2.18. The summed E-state index contributed by atoms with van der Waals surface area (Å²) in [7, 11) is 0. The minimum absolute atomic E-state index is 0.0201. The van der Waals surface area contributed by atoms with Gasteiger partial charge < -0.3 is 10.6 Å². The van der Waals surface area contributed by atoms with E-state index in [9.17, 15) is 9.59 Å². The van der Waals surface area contributed by atoms with Crippen molar-refractivity contribution in [1.29, 1.82) is 0 Å². The Morgan fingerprint density at radius 3 is 3.00 bits per heavy atom. The van der Waals surface area contributed by atoms with Crippen LogP contribution in [0.2, 0.25) is 0 Å². The maximum absolute atomic E-state index is 12.0. The molecule has 1 fully saturated rings. The molecule has 1 atom stereocenters. The van der Waals surface area contributed by atoms with Crippen molar-refractivity contribution in [2.45, 2.75) is 24.8 Å². The standard InChI is InChI=1S/C13H17N3O2S/c1-2-19-12-6-4-10(8-15-12)16-13(18)9-3-5-11(17)14-7-9/h4,6,8-9H,2-3,5,7H2,1H3,(H,14,17)(H,16,18)/t9-/m1/s1. The summed E-state index contributed by atoms with van der Waals surface area (Å²) in [6.07, 6.45) is 2.69. The molecule has 19 heavy (non-hydrogen) atoms. The lowest BCUT2D eigenvalue weighted by Crippen LogP contribution is -2.40. The number of anilines is 1. The minimum atomic E-state index is -0.151. The van der Waals surface area contributed by atoms with E-state index in [1.54, 1.807) is 18.0 Å². The molecule has 1 aromatic rings. The van der Waals surface area contributed by atoms with Crippen LogP contribution in [-0.4, -0.2) is 29.1 Å². The molecule has 0 radical (unpaired) electrons. The van der Waals surface area contributed by atoms with E-state index >= 15 is 0 Å². The second kappa shape index (κ2) is 6.56. The van der Waals surface area contributed by atoms with Crippen LogP contribution in [0.25, 0.3) is 0 Å². The zero-order valence-electron chi connectivity index (χ0n) is 10.8. The fourth-order valence-corrected chi connectivity index (χ4v) is 2.48. The molecule has 0 bridgehead atoms. The molecule has 0 unspecified atom stereocenters. The van der Waals surface area contributed by atoms with E-state index in [-0.39, 0.29) is 17.7 Å². The van der Waals surface area contributed by atoms with Gasteiger partial charge in [-0.15, -0.1) is 11.8 Å². The number of piperidine rings is 1. The average molecular weight is 279 g/mol. The van der Waals surface area contributed by atoms with E-state index in [0.717, 1.165) is 10.8 Å². The Morgan fingerprint density at radius 2 is 2.42 bits per heavy atom. The first-order chi connectivity index (χ1) is 9.19. The molecular weight excluding hydrogens is 262 g/mol. The number of pyridine rings is 1. The number of hydrogen-bond donors (Lipinski definition) is 2. The third-order valence-electron chi connectivity index (χ3n) is 2.93. The Bertz CT molecular complexity index is 451. The smallest absolute Gasteiger partial charge is 0.229 e. The lowest BCUT2D eigenvalue weighted by Gasteiger charge is -2.21. The summed E-state index contributed by atoms with van der Waals surface area (Å²) in [5.74, 6) is 0.784. The predicted molar refractivity (Wildman–Crippen MR) is 75.0 cm³/mol. The fourth-order valence-electron chi connectivity index (χ4n) is 1.89. The van der Waals surface area contributed by atoms with E-state index < -0.39 is 0 Å². The van der Waals surface area contributed by atoms with Gasteiger partial charge in [-0.2, -0.15) is 0 Å². The highest BCUT2D eigenvalue weighted by atomic mass is 32.2. The number of rotatable bonds is 4. The first kappa shape index (κ1) is 13.9. The topological polar surface area (TPSA) is 71.1 Å². The number of carbonyl (C=O) groups excluding carboxylic acids is 2. The molecule has 0 spiro atoms. The molecule has 2 amide bonds. The normalized spacial score (nSPS) is 18.8. The Balaban J connectivity index is 1.89.